The molecule has 4 nitrogen and oxygen atoms in total. The molecule has 23 heavy (non-hydrogen) atoms. The zero-order chi connectivity index (χ0) is 16.6. The van der Waals surface area contributed by atoms with Gasteiger partial charge in [0.05, 0.1) is 16.6 Å². The van der Waals surface area contributed by atoms with E-state index in [-0.39, 0.29) is 11.9 Å². The van der Waals surface area contributed by atoms with Crippen LogP contribution in [0.5, 0.6) is 0 Å². The standard InChI is InChI=1S/C16H18F3N3O/c1-2-4-14(23)21-15-20-12-8-7-10(16(17,18)19)9-13(12)22(15)11-5-3-6-11/h7-9,11H,2-6H2,1H3,(H,20,21,23). The van der Waals surface area contributed by atoms with E-state index in [4.69, 9.17) is 0 Å². The van der Waals surface area contributed by atoms with Crippen LogP contribution in [-0.4, -0.2) is 15.5 Å². The fourth-order valence-corrected chi connectivity index (χ4v) is 2.79. The zero-order valence-electron chi connectivity index (χ0n) is 12.8. The first-order valence-corrected chi connectivity index (χ1v) is 7.79. The van der Waals surface area contributed by atoms with E-state index in [1.807, 2.05) is 6.92 Å². The molecule has 1 saturated carbocycles. The number of aromatic nitrogens is 2. The van der Waals surface area contributed by atoms with Gasteiger partial charge in [-0.2, -0.15) is 13.2 Å². The molecule has 7 heteroatoms. The Morgan fingerprint density at radius 3 is 2.70 bits per heavy atom. The van der Waals surface area contributed by atoms with Crippen LogP contribution in [0.25, 0.3) is 11.0 Å². The summed E-state index contributed by atoms with van der Waals surface area (Å²) < 4.78 is 40.6. The van der Waals surface area contributed by atoms with Gasteiger partial charge in [-0.25, -0.2) is 4.98 Å². The second-order valence-corrected chi connectivity index (χ2v) is 5.89. The summed E-state index contributed by atoms with van der Waals surface area (Å²) in [6.45, 7) is 1.89. The first kappa shape index (κ1) is 15.8. The molecule has 1 amide bonds. The summed E-state index contributed by atoms with van der Waals surface area (Å²) >= 11 is 0. The van der Waals surface area contributed by atoms with Crippen LogP contribution < -0.4 is 5.32 Å². The lowest BCUT2D eigenvalue weighted by Crippen LogP contribution is -2.22. The lowest BCUT2D eigenvalue weighted by atomic mass is 9.92. The van der Waals surface area contributed by atoms with Crippen molar-refractivity contribution in [3.8, 4) is 0 Å². The molecule has 2 aromatic rings. The molecule has 1 fully saturated rings. The van der Waals surface area contributed by atoms with Gasteiger partial charge in [0.15, 0.2) is 0 Å². The van der Waals surface area contributed by atoms with Crippen LogP contribution >= 0.6 is 0 Å². The quantitative estimate of drug-likeness (QED) is 0.898. The van der Waals surface area contributed by atoms with E-state index in [0.29, 0.717) is 29.8 Å². The number of rotatable bonds is 4. The summed E-state index contributed by atoms with van der Waals surface area (Å²) in [4.78, 5) is 16.2. The summed E-state index contributed by atoms with van der Waals surface area (Å²) in [7, 11) is 0. The minimum atomic E-state index is -4.39. The number of fused-ring (bicyclic) bond motifs is 1. The third-order valence-electron chi connectivity index (χ3n) is 4.18. The van der Waals surface area contributed by atoms with Gasteiger partial charge < -0.3 is 4.57 Å². The van der Waals surface area contributed by atoms with Crippen molar-refractivity contribution >= 4 is 22.9 Å². The minimum Gasteiger partial charge on any atom is -0.307 e. The number of nitrogens with zero attached hydrogens (tertiary/aromatic N) is 2. The number of halogens is 3. The third-order valence-corrected chi connectivity index (χ3v) is 4.18. The van der Waals surface area contributed by atoms with Crippen molar-refractivity contribution in [3.63, 3.8) is 0 Å². The molecule has 0 aliphatic heterocycles. The van der Waals surface area contributed by atoms with Crippen LogP contribution in [0.1, 0.15) is 50.6 Å². The number of hydrogen-bond donors (Lipinski definition) is 1. The molecule has 0 spiro atoms. The first-order valence-electron chi connectivity index (χ1n) is 7.79. The van der Waals surface area contributed by atoms with E-state index in [9.17, 15) is 18.0 Å². The Morgan fingerprint density at radius 2 is 2.13 bits per heavy atom. The molecule has 124 valence electrons. The normalized spacial score (nSPS) is 15.7. The fourth-order valence-electron chi connectivity index (χ4n) is 2.79. The lowest BCUT2D eigenvalue weighted by molar-refractivity contribution is -0.137. The van der Waals surface area contributed by atoms with Crippen LogP contribution in [0, 0.1) is 0 Å². The van der Waals surface area contributed by atoms with Gasteiger partial charge in [0, 0.05) is 12.5 Å². The average molecular weight is 325 g/mol. The van der Waals surface area contributed by atoms with E-state index >= 15 is 0 Å². The van der Waals surface area contributed by atoms with Crippen molar-refractivity contribution in [2.45, 2.75) is 51.2 Å². The van der Waals surface area contributed by atoms with Crippen LogP contribution in [0.15, 0.2) is 18.2 Å². The van der Waals surface area contributed by atoms with Crippen LogP contribution in [0.3, 0.4) is 0 Å². The molecule has 1 aromatic heterocycles. The molecule has 1 heterocycles. The van der Waals surface area contributed by atoms with Crippen molar-refractivity contribution < 1.29 is 18.0 Å². The molecule has 3 rings (SSSR count). The van der Waals surface area contributed by atoms with E-state index < -0.39 is 11.7 Å². The maximum atomic E-state index is 13.0. The smallest absolute Gasteiger partial charge is 0.307 e. The van der Waals surface area contributed by atoms with Crippen molar-refractivity contribution in [3.05, 3.63) is 23.8 Å². The maximum absolute atomic E-state index is 13.0. The highest BCUT2D eigenvalue weighted by molar-refractivity contribution is 5.91. The van der Waals surface area contributed by atoms with E-state index in [0.717, 1.165) is 31.4 Å². The first-order chi connectivity index (χ1) is 10.9. The van der Waals surface area contributed by atoms with Crippen LogP contribution in [0.2, 0.25) is 0 Å². The van der Waals surface area contributed by atoms with Gasteiger partial charge in [0.1, 0.15) is 0 Å². The summed E-state index contributed by atoms with van der Waals surface area (Å²) in [6.07, 6.45) is -0.522. The van der Waals surface area contributed by atoms with Crippen molar-refractivity contribution in [2.24, 2.45) is 0 Å². The topological polar surface area (TPSA) is 46.9 Å². The molecule has 0 radical (unpaired) electrons. The maximum Gasteiger partial charge on any atom is 0.416 e. The minimum absolute atomic E-state index is 0.0976. The van der Waals surface area contributed by atoms with E-state index in [2.05, 4.69) is 10.3 Å². The Labute approximate surface area is 131 Å². The highest BCUT2D eigenvalue weighted by Gasteiger charge is 2.32. The summed E-state index contributed by atoms with van der Waals surface area (Å²) in [5, 5.41) is 2.74. The number of amides is 1. The number of anilines is 1. The van der Waals surface area contributed by atoms with Crippen molar-refractivity contribution in [1.29, 1.82) is 0 Å². The summed E-state index contributed by atoms with van der Waals surface area (Å²) in [5.74, 6) is 0.182. The molecular weight excluding hydrogens is 307 g/mol. The fraction of sp³-hybridized carbons (Fsp3) is 0.500. The molecule has 1 N–H and O–H groups in total. The Balaban J connectivity index is 2.07. The van der Waals surface area contributed by atoms with Gasteiger partial charge in [-0.05, 0) is 43.9 Å². The number of carbonyl (C=O) groups excluding carboxylic acids is 1. The molecule has 1 aromatic carbocycles. The average Bonchev–Trinajstić information content (AvgIpc) is 2.74. The molecular formula is C16H18F3N3O. The number of carbonyl (C=O) groups is 1. The number of nitrogens with one attached hydrogen (secondary N) is 1. The van der Waals surface area contributed by atoms with Crippen molar-refractivity contribution in [2.75, 3.05) is 5.32 Å². The predicted octanol–water partition coefficient (Wildman–Crippen LogP) is 4.52. The number of alkyl halides is 3. The number of imidazole rings is 1. The number of benzene rings is 1. The third kappa shape index (κ3) is 3.04. The van der Waals surface area contributed by atoms with E-state index in [1.54, 1.807) is 4.57 Å². The Bertz CT molecular complexity index is 732. The van der Waals surface area contributed by atoms with Gasteiger partial charge in [-0.1, -0.05) is 6.92 Å². The monoisotopic (exact) mass is 325 g/mol. The predicted molar refractivity (Wildman–Crippen MR) is 81.2 cm³/mol. The van der Waals surface area contributed by atoms with Crippen molar-refractivity contribution in [1.82, 2.24) is 9.55 Å². The van der Waals surface area contributed by atoms with Gasteiger partial charge >= 0.3 is 6.18 Å². The number of hydrogen-bond acceptors (Lipinski definition) is 2. The van der Waals surface area contributed by atoms with Gasteiger partial charge in [0.2, 0.25) is 11.9 Å². The molecule has 0 atom stereocenters. The molecule has 1 aliphatic rings. The van der Waals surface area contributed by atoms with Gasteiger partial charge in [0.25, 0.3) is 0 Å². The van der Waals surface area contributed by atoms with Crippen LogP contribution in [-0.2, 0) is 11.0 Å². The molecule has 0 bridgehead atoms. The Morgan fingerprint density at radius 1 is 1.39 bits per heavy atom. The van der Waals surface area contributed by atoms with E-state index in [1.165, 1.54) is 6.07 Å². The molecule has 0 unspecified atom stereocenters. The second-order valence-electron chi connectivity index (χ2n) is 5.89. The molecule has 0 saturated heterocycles. The SMILES string of the molecule is CCCC(=O)Nc1nc2ccc(C(F)(F)F)cc2n1C1CCC1. The van der Waals surface area contributed by atoms with Crippen LogP contribution in [0.4, 0.5) is 19.1 Å². The highest BCUT2D eigenvalue weighted by atomic mass is 19.4. The lowest BCUT2D eigenvalue weighted by Gasteiger charge is -2.29. The largest absolute Gasteiger partial charge is 0.416 e. The van der Waals surface area contributed by atoms with Gasteiger partial charge in [-0.15, -0.1) is 0 Å². The Hall–Kier alpha value is -2.05. The molecule has 1 aliphatic carbocycles. The highest BCUT2D eigenvalue weighted by Crippen LogP contribution is 2.39. The Kier molecular flexibility index (Phi) is 4.04. The summed E-state index contributed by atoms with van der Waals surface area (Å²) in [6, 6.07) is 3.61. The second kappa shape index (κ2) is 5.86. The zero-order valence-corrected chi connectivity index (χ0v) is 12.8. The van der Waals surface area contributed by atoms with Gasteiger partial charge in [-0.3, -0.25) is 10.1 Å². The summed E-state index contributed by atoms with van der Waals surface area (Å²) in [5.41, 5.74) is 0.199.